The number of esters is 1. The van der Waals surface area contributed by atoms with Gasteiger partial charge in [0, 0.05) is 28.5 Å². The van der Waals surface area contributed by atoms with E-state index in [-0.39, 0.29) is 17.7 Å². The van der Waals surface area contributed by atoms with E-state index in [0.29, 0.717) is 21.8 Å². The fraction of sp³-hybridized carbons (Fsp3) is 0.194. The second kappa shape index (κ2) is 14.4. The predicted octanol–water partition coefficient (Wildman–Crippen LogP) is 5.69. The molecule has 5 aromatic rings. The number of carbonyl (C=O) groups is 1. The maximum Gasteiger partial charge on any atom is 0.469 e. The molecule has 0 amide bonds. The molecule has 2 atom stereocenters. The summed E-state index contributed by atoms with van der Waals surface area (Å²) in [7, 11) is -4.74. The van der Waals surface area contributed by atoms with Crippen LogP contribution in [0.25, 0.3) is 11.3 Å². The van der Waals surface area contributed by atoms with E-state index in [1.807, 2.05) is 0 Å². The van der Waals surface area contributed by atoms with Crippen LogP contribution in [-0.4, -0.2) is 42.3 Å². The molecule has 16 heteroatoms. The standard InChI is InChI=1S/C31H26F2N5O7PS/c1-20(29-37-28(15-47-29)23-7-5-21(13-34)6-8-23)31(16-38-18-35-17-36-38,26-10-9-25(32)12-27(26)33)44-19-43-30(39)24-4-2-3-22(11-24)14-45-46(40,41)42/h2-12,15,17-18,20H,14,16,19H2,1H3,(H2,40,41,42)/t20-,31+/m0/s1. The first-order chi connectivity index (χ1) is 22.5. The van der Waals surface area contributed by atoms with Crippen molar-refractivity contribution in [1.82, 2.24) is 19.7 Å². The van der Waals surface area contributed by atoms with E-state index in [4.69, 9.17) is 29.5 Å². The van der Waals surface area contributed by atoms with E-state index < -0.39 is 50.3 Å². The molecule has 47 heavy (non-hydrogen) atoms. The average molecular weight is 682 g/mol. The van der Waals surface area contributed by atoms with Gasteiger partial charge in [-0.2, -0.15) is 10.4 Å². The Bertz CT molecular complexity index is 1950. The third-order valence-electron chi connectivity index (χ3n) is 7.22. The monoisotopic (exact) mass is 681 g/mol. The van der Waals surface area contributed by atoms with Crippen molar-refractivity contribution in [3.8, 4) is 17.3 Å². The number of hydrogen-bond acceptors (Lipinski definition) is 10. The molecule has 12 nitrogen and oxygen atoms in total. The first-order valence-electron chi connectivity index (χ1n) is 13.8. The number of rotatable bonds is 13. The van der Waals surface area contributed by atoms with Gasteiger partial charge in [0.1, 0.15) is 29.9 Å². The van der Waals surface area contributed by atoms with Crippen LogP contribution >= 0.6 is 19.2 Å². The van der Waals surface area contributed by atoms with Gasteiger partial charge in [0.15, 0.2) is 6.79 Å². The summed E-state index contributed by atoms with van der Waals surface area (Å²) in [5.74, 6) is -3.30. The zero-order valence-electron chi connectivity index (χ0n) is 24.6. The normalized spacial score (nSPS) is 13.4. The van der Waals surface area contributed by atoms with E-state index in [0.717, 1.165) is 17.7 Å². The Morgan fingerprint density at radius 3 is 2.62 bits per heavy atom. The topological polar surface area (TPSA) is 170 Å². The minimum absolute atomic E-state index is 0.0373. The molecule has 0 spiro atoms. The summed E-state index contributed by atoms with van der Waals surface area (Å²) in [6, 6.07) is 17.7. The number of nitrogens with zero attached hydrogens (tertiary/aromatic N) is 5. The molecule has 2 heterocycles. The molecule has 0 bridgehead atoms. The predicted molar refractivity (Wildman–Crippen MR) is 163 cm³/mol. The Labute approximate surface area is 271 Å². The van der Waals surface area contributed by atoms with E-state index in [9.17, 15) is 13.8 Å². The van der Waals surface area contributed by atoms with Crippen LogP contribution in [0.5, 0.6) is 0 Å². The quantitative estimate of drug-likeness (QED) is 0.0889. The molecule has 0 radical (unpaired) electrons. The Morgan fingerprint density at radius 2 is 1.94 bits per heavy atom. The molecular formula is C31H26F2N5O7PS. The highest BCUT2D eigenvalue weighted by Gasteiger charge is 2.45. The van der Waals surface area contributed by atoms with E-state index in [2.05, 4.69) is 20.7 Å². The summed E-state index contributed by atoms with van der Waals surface area (Å²) in [6.07, 6.45) is 2.68. The smallest absolute Gasteiger partial charge is 0.435 e. The molecule has 0 unspecified atom stereocenters. The van der Waals surface area contributed by atoms with Gasteiger partial charge in [-0.1, -0.05) is 37.3 Å². The van der Waals surface area contributed by atoms with Gasteiger partial charge in [-0.25, -0.2) is 32.8 Å². The van der Waals surface area contributed by atoms with Crippen molar-refractivity contribution in [1.29, 1.82) is 5.26 Å². The number of aromatic nitrogens is 4. The summed E-state index contributed by atoms with van der Waals surface area (Å²) in [5.41, 5.74) is 0.444. The lowest BCUT2D eigenvalue weighted by molar-refractivity contribution is -0.148. The lowest BCUT2D eigenvalue weighted by atomic mass is 9.81. The summed E-state index contributed by atoms with van der Waals surface area (Å²) in [6.45, 7) is 0.455. The van der Waals surface area contributed by atoms with Crippen LogP contribution in [0.2, 0.25) is 0 Å². The van der Waals surface area contributed by atoms with Crippen molar-refractivity contribution in [2.24, 2.45) is 0 Å². The highest BCUT2D eigenvalue weighted by Crippen LogP contribution is 2.44. The summed E-state index contributed by atoms with van der Waals surface area (Å²) in [5, 5.41) is 15.6. The number of benzene rings is 3. The van der Waals surface area contributed by atoms with Crippen LogP contribution < -0.4 is 0 Å². The summed E-state index contributed by atoms with van der Waals surface area (Å²) < 4.78 is 58.5. The van der Waals surface area contributed by atoms with E-state index in [1.165, 1.54) is 59.0 Å². The number of hydrogen-bond donors (Lipinski definition) is 2. The van der Waals surface area contributed by atoms with Crippen LogP contribution in [0, 0.1) is 23.0 Å². The molecule has 0 saturated carbocycles. The second-order valence-corrected chi connectivity index (χ2v) is 12.4. The van der Waals surface area contributed by atoms with Gasteiger partial charge < -0.3 is 19.3 Å². The lowest BCUT2D eigenvalue weighted by Crippen LogP contribution is -2.42. The van der Waals surface area contributed by atoms with Gasteiger partial charge in [-0.3, -0.25) is 4.52 Å². The average Bonchev–Trinajstić information content (AvgIpc) is 3.76. The SMILES string of the molecule is C[C@@H](c1nc(-c2ccc(C#N)cc2)cs1)[C@@](Cn1cncn1)(OCOC(=O)c1cccc(COP(=O)(O)O)c1)c1ccc(F)cc1F. The number of phosphoric ester groups is 1. The molecule has 2 aromatic heterocycles. The zero-order chi connectivity index (χ0) is 33.6. The molecule has 2 N–H and O–H groups in total. The fourth-order valence-corrected chi connectivity index (χ4v) is 6.13. The third kappa shape index (κ3) is 8.19. The number of nitriles is 1. The molecule has 0 saturated heterocycles. The van der Waals surface area contributed by atoms with Crippen LogP contribution in [0.4, 0.5) is 8.78 Å². The molecular weight excluding hydrogens is 655 g/mol. The van der Waals surface area contributed by atoms with Crippen LogP contribution in [0.3, 0.4) is 0 Å². The number of carbonyl (C=O) groups excluding carboxylic acids is 1. The molecule has 0 aliphatic carbocycles. The zero-order valence-corrected chi connectivity index (χ0v) is 26.3. The van der Waals surface area contributed by atoms with Gasteiger partial charge in [-0.15, -0.1) is 11.3 Å². The molecule has 0 aliphatic rings. The maximum atomic E-state index is 15.7. The highest BCUT2D eigenvalue weighted by molar-refractivity contribution is 7.46. The van der Waals surface area contributed by atoms with Gasteiger partial charge in [0.2, 0.25) is 0 Å². The van der Waals surface area contributed by atoms with Crippen molar-refractivity contribution in [3.05, 3.63) is 124 Å². The second-order valence-electron chi connectivity index (χ2n) is 10.2. The van der Waals surface area contributed by atoms with Crippen molar-refractivity contribution in [3.63, 3.8) is 0 Å². The van der Waals surface area contributed by atoms with Crippen molar-refractivity contribution in [2.75, 3.05) is 6.79 Å². The molecule has 242 valence electrons. The summed E-state index contributed by atoms with van der Waals surface area (Å²) in [4.78, 5) is 39.7. The van der Waals surface area contributed by atoms with Gasteiger partial charge in [0.25, 0.3) is 0 Å². The number of ether oxygens (including phenoxy) is 2. The van der Waals surface area contributed by atoms with Gasteiger partial charge in [0.05, 0.1) is 41.0 Å². The van der Waals surface area contributed by atoms with Crippen LogP contribution in [0.15, 0.2) is 84.8 Å². The van der Waals surface area contributed by atoms with Crippen LogP contribution in [-0.2, 0) is 37.3 Å². The van der Waals surface area contributed by atoms with Crippen molar-refractivity contribution < 1.29 is 41.9 Å². The van der Waals surface area contributed by atoms with Crippen molar-refractivity contribution in [2.45, 2.75) is 31.6 Å². The number of halogens is 2. The first-order valence-corrected chi connectivity index (χ1v) is 16.2. The maximum absolute atomic E-state index is 15.7. The Hall–Kier alpha value is -4.68. The molecule has 5 rings (SSSR count). The Morgan fingerprint density at radius 1 is 1.15 bits per heavy atom. The number of phosphoric acid groups is 1. The summed E-state index contributed by atoms with van der Waals surface area (Å²) >= 11 is 1.28. The van der Waals surface area contributed by atoms with Crippen molar-refractivity contribution >= 4 is 25.1 Å². The van der Waals surface area contributed by atoms with E-state index >= 15 is 4.39 Å². The van der Waals surface area contributed by atoms with Gasteiger partial charge in [-0.05, 0) is 35.9 Å². The molecule has 0 aliphatic heterocycles. The highest BCUT2D eigenvalue weighted by atomic mass is 32.1. The Balaban J connectivity index is 1.47. The Kier molecular flexibility index (Phi) is 10.3. The minimum atomic E-state index is -4.74. The number of thiazole rings is 1. The minimum Gasteiger partial charge on any atom is -0.435 e. The lowest BCUT2D eigenvalue weighted by Gasteiger charge is -2.38. The third-order valence-corrected chi connectivity index (χ3v) is 8.71. The molecule has 3 aromatic carbocycles. The largest absolute Gasteiger partial charge is 0.469 e. The van der Waals surface area contributed by atoms with Crippen LogP contribution in [0.1, 0.15) is 44.9 Å². The fourth-order valence-electron chi connectivity index (χ4n) is 4.84. The van der Waals surface area contributed by atoms with E-state index in [1.54, 1.807) is 36.6 Å². The van der Waals surface area contributed by atoms with Gasteiger partial charge >= 0.3 is 13.8 Å². The first kappa shape index (κ1) is 33.7. The molecule has 0 fully saturated rings.